The fourth-order valence-corrected chi connectivity index (χ4v) is 5.39. The molecule has 2 aromatic heterocycles. The van der Waals surface area contributed by atoms with Crippen LogP contribution in [0.1, 0.15) is 6.42 Å². The molecule has 0 radical (unpaired) electrons. The Bertz CT molecular complexity index is 1300. The van der Waals surface area contributed by atoms with Crippen LogP contribution in [0, 0.1) is 0 Å². The van der Waals surface area contributed by atoms with E-state index in [4.69, 9.17) is 9.47 Å². The van der Waals surface area contributed by atoms with Gasteiger partial charge in [-0.2, -0.15) is 0 Å². The number of hydrogen-bond acceptors (Lipinski definition) is 10. The third kappa shape index (κ3) is 6.66. The summed E-state index contributed by atoms with van der Waals surface area (Å²) in [5, 5.41) is 15.8. The highest BCUT2D eigenvalue weighted by molar-refractivity contribution is 8.01. The zero-order chi connectivity index (χ0) is 24.6. The van der Waals surface area contributed by atoms with Crippen molar-refractivity contribution < 1.29 is 14.3 Å². The van der Waals surface area contributed by atoms with Gasteiger partial charge in [-0.05, 0) is 42.4 Å². The van der Waals surface area contributed by atoms with E-state index in [0.29, 0.717) is 21.8 Å². The van der Waals surface area contributed by atoms with Crippen molar-refractivity contribution in [1.29, 1.82) is 0 Å². The van der Waals surface area contributed by atoms with Gasteiger partial charge in [-0.3, -0.25) is 10.2 Å². The van der Waals surface area contributed by atoms with Crippen LogP contribution in [-0.4, -0.2) is 70.6 Å². The Kier molecular flexibility index (Phi) is 8.18. The van der Waals surface area contributed by atoms with Gasteiger partial charge in [0.1, 0.15) is 17.1 Å². The fraction of sp³-hybridized carbons (Fsp3) is 0.292. The molecule has 5 rings (SSSR count). The van der Waals surface area contributed by atoms with Gasteiger partial charge in [-0.15, -0.1) is 10.2 Å². The van der Waals surface area contributed by atoms with Crippen molar-refractivity contribution >= 4 is 50.9 Å². The first kappa shape index (κ1) is 24.4. The minimum atomic E-state index is -0.376. The van der Waals surface area contributed by atoms with E-state index in [2.05, 4.69) is 35.7 Å². The quantitative estimate of drug-likeness (QED) is 0.187. The van der Waals surface area contributed by atoms with Crippen molar-refractivity contribution in [2.24, 2.45) is 0 Å². The summed E-state index contributed by atoms with van der Waals surface area (Å²) in [6.45, 7) is 5.25. The monoisotopic (exact) mass is 523 g/mol. The number of carbonyl (C=O) groups is 1. The van der Waals surface area contributed by atoms with Crippen LogP contribution in [0.2, 0.25) is 0 Å². The third-order valence-corrected chi connectivity index (χ3v) is 7.31. The molecule has 2 amide bonds. The molecule has 1 saturated heterocycles. The molecule has 4 aromatic rings. The number of fused-ring (bicyclic) bond motifs is 1. The van der Waals surface area contributed by atoms with Crippen molar-refractivity contribution in [2.75, 3.05) is 50.1 Å². The minimum Gasteiger partial charge on any atom is -0.493 e. The van der Waals surface area contributed by atoms with E-state index in [1.54, 1.807) is 0 Å². The molecule has 0 unspecified atom stereocenters. The van der Waals surface area contributed by atoms with Crippen LogP contribution in [-0.2, 0) is 4.74 Å². The number of urea groups is 1. The zero-order valence-corrected chi connectivity index (χ0v) is 21.1. The predicted molar refractivity (Wildman–Crippen MR) is 140 cm³/mol. The molecule has 12 heteroatoms. The van der Waals surface area contributed by atoms with E-state index in [1.807, 2.05) is 48.5 Å². The fourth-order valence-electron chi connectivity index (χ4n) is 3.65. The molecule has 0 spiro atoms. The average Bonchev–Trinajstić information content (AvgIpc) is 3.34. The first-order valence-corrected chi connectivity index (χ1v) is 13.2. The lowest BCUT2D eigenvalue weighted by atomic mass is 10.2. The number of aromatic nitrogens is 4. The second-order valence-electron chi connectivity index (χ2n) is 7.93. The van der Waals surface area contributed by atoms with Crippen molar-refractivity contribution in [3.8, 4) is 5.75 Å². The number of carbonyl (C=O) groups excluding carboxylic acids is 1. The molecular formula is C24H25N7O3S2. The van der Waals surface area contributed by atoms with Gasteiger partial charge < -0.3 is 14.8 Å². The van der Waals surface area contributed by atoms with Crippen molar-refractivity contribution in [3.05, 3.63) is 54.9 Å². The summed E-state index contributed by atoms with van der Waals surface area (Å²) >= 11 is 2.65. The van der Waals surface area contributed by atoms with Gasteiger partial charge in [-0.25, -0.2) is 14.8 Å². The van der Waals surface area contributed by atoms with Crippen LogP contribution in [0.5, 0.6) is 5.75 Å². The summed E-state index contributed by atoms with van der Waals surface area (Å²) in [6, 6.07) is 14.7. The molecular weight excluding hydrogens is 498 g/mol. The smallest absolute Gasteiger partial charge is 0.325 e. The first-order valence-electron chi connectivity index (χ1n) is 11.5. The number of anilines is 2. The Morgan fingerprint density at radius 1 is 1.08 bits per heavy atom. The Balaban J connectivity index is 1.16. The molecule has 10 nitrogen and oxygen atoms in total. The van der Waals surface area contributed by atoms with Crippen LogP contribution in [0.25, 0.3) is 10.9 Å². The SMILES string of the molecule is O=C(Nc1ccccc1)Nc1nnc(Sc2ncnc3cc(OCCCN4CCOCC4)ccc23)s1. The van der Waals surface area contributed by atoms with Crippen LogP contribution in [0.4, 0.5) is 15.6 Å². The van der Waals surface area contributed by atoms with Crippen molar-refractivity contribution in [3.63, 3.8) is 0 Å². The second-order valence-corrected chi connectivity index (χ2v) is 10.1. The highest BCUT2D eigenvalue weighted by atomic mass is 32.2. The van der Waals surface area contributed by atoms with E-state index in [0.717, 1.165) is 60.9 Å². The number of amides is 2. The Hall–Kier alpha value is -3.32. The van der Waals surface area contributed by atoms with E-state index < -0.39 is 0 Å². The number of benzene rings is 2. The molecule has 0 bridgehead atoms. The molecule has 3 heterocycles. The third-order valence-electron chi connectivity index (χ3n) is 5.41. The highest BCUT2D eigenvalue weighted by Gasteiger charge is 2.13. The average molecular weight is 524 g/mol. The largest absolute Gasteiger partial charge is 0.493 e. The second kappa shape index (κ2) is 12.1. The molecule has 1 fully saturated rings. The van der Waals surface area contributed by atoms with Gasteiger partial charge in [0, 0.05) is 36.8 Å². The molecule has 1 aliphatic heterocycles. The molecule has 1 aliphatic rings. The lowest BCUT2D eigenvalue weighted by Crippen LogP contribution is -2.37. The lowest BCUT2D eigenvalue weighted by Gasteiger charge is -2.26. The molecule has 186 valence electrons. The van der Waals surface area contributed by atoms with E-state index in [9.17, 15) is 4.79 Å². The molecule has 2 aromatic carbocycles. The summed E-state index contributed by atoms with van der Waals surface area (Å²) in [7, 11) is 0. The van der Waals surface area contributed by atoms with Crippen molar-refractivity contribution in [2.45, 2.75) is 15.8 Å². The molecule has 0 saturated carbocycles. The number of rotatable bonds is 9. The Morgan fingerprint density at radius 3 is 2.81 bits per heavy atom. The summed E-state index contributed by atoms with van der Waals surface area (Å²) in [5.41, 5.74) is 1.49. The first-order chi connectivity index (χ1) is 17.7. The number of nitrogens with one attached hydrogen (secondary N) is 2. The van der Waals surface area contributed by atoms with Crippen LogP contribution < -0.4 is 15.4 Å². The van der Waals surface area contributed by atoms with Gasteiger partial charge in [0.2, 0.25) is 5.13 Å². The van der Waals surface area contributed by atoms with E-state index in [1.165, 1.54) is 29.4 Å². The Labute approximate surface area is 216 Å². The maximum Gasteiger partial charge on any atom is 0.325 e. The zero-order valence-electron chi connectivity index (χ0n) is 19.4. The van der Waals surface area contributed by atoms with E-state index >= 15 is 0 Å². The van der Waals surface area contributed by atoms with Gasteiger partial charge in [0.15, 0.2) is 4.34 Å². The number of para-hydroxylation sites is 1. The van der Waals surface area contributed by atoms with Crippen LogP contribution in [0.3, 0.4) is 0 Å². The van der Waals surface area contributed by atoms with Gasteiger partial charge in [0.05, 0.1) is 25.3 Å². The minimum absolute atomic E-state index is 0.376. The van der Waals surface area contributed by atoms with Crippen LogP contribution >= 0.6 is 23.1 Å². The standard InChI is InChI=1S/C24H25N7O3S2/c32-22(27-17-5-2-1-3-6-17)28-23-29-30-24(36-23)35-21-19-8-7-18(15-20(19)25-16-26-21)34-12-4-9-31-10-13-33-14-11-31/h1-3,5-8,15-16H,4,9-14H2,(H2,27,28,29,32). The number of nitrogens with zero attached hydrogens (tertiary/aromatic N) is 5. The summed E-state index contributed by atoms with van der Waals surface area (Å²) in [6.07, 6.45) is 2.49. The molecule has 0 aliphatic carbocycles. The Morgan fingerprint density at radius 2 is 1.94 bits per heavy atom. The number of morpholine rings is 1. The summed E-state index contributed by atoms with van der Waals surface area (Å²) in [5.74, 6) is 0.783. The number of ether oxygens (including phenoxy) is 2. The maximum atomic E-state index is 12.2. The molecule has 36 heavy (non-hydrogen) atoms. The normalized spacial score (nSPS) is 14.0. The van der Waals surface area contributed by atoms with E-state index in [-0.39, 0.29) is 6.03 Å². The highest BCUT2D eigenvalue weighted by Crippen LogP contribution is 2.35. The summed E-state index contributed by atoms with van der Waals surface area (Å²) in [4.78, 5) is 23.4. The van der Waals surface area contributed by atoms with Gasteiger partial charge in [0.25, 0.3) is 0 Å². The lowest BCUT2D eigenvalue weighted by molar-refractivity contribution is 0.0358. The topological polar surface area (TPSA) is 114 Å². The predicted octanol–water partition coefficient (Wildman–Crippen LogP) is 4.38. The maximum absolute atomic E-state index is 12.2. The summed E-state index contributed by atoms with van der Waals surface area (Å²) < 4.78 is 12.0. The van der Waals surface area contributed by atoms with Gasteiger partial charge in [-0.1, -0.05) is 29.5 Å². The number of hydrogen-bond donors (Lipinski definition) is 2. The van der Waals surface area contributed by atoms with Gasteiger partial charge >= 0.3 is 6.03 Å². The molecule has 0 atom stereocenters. The molecule has 2 N–H and O–H groups in total. The van der Waals surface area contributed by atoms with Crippen molar-refractivity contribution in [1.82, 2.24) is 25.1 Å². The van der Waals surface area contributed by atoms with Crippen LogP contribution in [0.15, 0.2) is 64.2 Å².